The summed E-state index contributed by atoms with van der Waals surface area (Å²) < 4.78 is 12.1. The summed E-state index contributed by atoms with van der Waals surface area (Å²) in [5, 5.41) is 1.39. The van der Waals surface area contributed by atoms with Gasteiger partial charge in [0.2, 0.25) is 0 Å². The Hall–Kier alpha value is -4.58. The number of anilines is 1. The lowest BCUT2D eigenvalue weighted by Crippen LogP contribution is -2.32. The Bertz CT molecular complexity index is 1500. The van der Waals surface area contributed by atoms with E-state index in [1.54, 1.807) is 0 Å². The maximum Gasteiger partial charge on any atom is 0.119 e. The van der Waals surface area contributed by atoms with Crippen molar-refractivity contribution in [2.24, 2.45) is 9.98 Å². The molecular weight excluding hydrogens is 577 g/mol. The molecule has 43 heavy (non-hydrogen) atoms. The van der Waals surface area contributed by atoms with Crippen molar-refractivity contribution < 1.29 is 9.47 Å². The van der Waals surface area contributed by atoms with Crippen LogP contribution in [-0.4, -0.2) is 38.7 Å². The predicted molar refractivity (Wildman–Crippen MR) is 180 cm³/mol. The maximum atomic E-state index is 6.07. The first kappa shape index (κ1) is 29.9. The van der Waals surface area contributed by atoms with Crippen LogP contribution in [0.2, 0.25) is 10.0 Å². The highest BCUT2D eigenvalue weighted by molar-refractivity contribution is 6.30. The van der Waals surface area contributed by atoms with Crippen molar-refractivity contribution in [3.05, 3.63) is 149 Å². The SMILES string of the molecule is Clc1ccc(N=Cc2ccc(OCCN(CCOc3ccc(C=Nc4ccc(Cl)cc4)cc3)c3ccccc3)cc2)cc1. The summed E-state index contributed by atoms with van der Waals surface area (Å²) in [7, 11) is 0. The molecule has 0 spiro atoms. The summed E-state index contributed by atoms with van der Waals surface area (Å²) >= 11 is 11.9. The first-order chi connectivity index (χ1) is 21.1. The fourth-order valence-electron chi connectivity index (χ4n) is 4.21. The summed E-state index contributed by atoms with van der Waals surface area (Å²) in [5.74, 6) is 1.63. The van der Waals surface area contributed by atoms with Crippen LogP contribution in [0.25, 0.3) is 0 Å². The Kier molecular flexibility index (Phi) is 10.8. The van der Waals surface area contributed by atoms with Crippen LogP contribution in [0, 0.1) is 0 Å². The molecule has 0 bridgehead atoms. The van der Waals surface area contributed by atoms with Crippen LogP contribution in [0.4, 0.5) is 17.1 Å². The van der Waals surface area contributed by atoms with E-state index in [1.807, 2.05) is 128 Å². The standard InChI is InChI=1S/C36H31Cl2N3O2/c37-30-10-14-32(15-11-30)39-26-28-6-18-35(19-7-28)42-24-22-41(34-4-2-1-3-5-34)23-25-43-36-20-8-29(9-21-36)27-40-33-16-12-31(38)13-17-33/h1-21,26-27H,22-25H2. The third-order valence-corrected chi connectivity index (χ3v) is 7.02. The molecule has 0 aliphatic rings. The number of nitrogens with zero attached hydrogens (tertiary/aromatic N) is 3. The van der Waals surface area contributed by atoms with Crippen LogP contribution in [0.1, 0.15) is 11.1 Å². The topological polar surface area (TPSA) is 46.4 Å². The highest BCUT2D eigenvalue weighted by Gasteiger charge is 2.07. The molecule has 7 heteroatoms. The highest BCUT2D eigenvalue weighted by atomic mass is 35.5. The zero-order valence-electron chi connectivity index (χ0n) is 23.5. The molecule has 5 nitrogen and oxygen atoms in total. The molecule has 0 N–H and O–H groups in total. The predicted octanol–water partition coefficient (Wildman–Crippen LogP) is 9.46. The van der Waals surface area contributed by atoms with Gasteiger partial charge in [0, 0.05) is 28.2 Å². The second-order valence-electron chi connectivity index (χ2n) is 9.63. The largest absolute Gasteiger partial charge is 0.492 e. The fourth-order valence-corrected chi connectivity index (χ4v) is 4.46. The van der Waals surface area contributed by atoms with Gasteiger partial charge in [-0.05, 0) is 120 Å². The molecule has 0 saturated carbocycles. The quantitative estimate of drug-likeness (QED) is 0.125. The van der Waals surface area contributed by atoms with Crippen molar-refractivity contribution in [3.8, 4) is 11.5 Å². The highest BCUT2D eigenvalue weighted by Crippen LogP contribution is 2.19. The van der Waals surface area contributed by atoms with Crippen LogP contribution in [0.15, 0.2) is 137 Å². The van der Waals surface area contributed by atoms with Gasteiger partial charge >= 0.3 is 0 Å². The Morgan fingerprint density at radius 1 is 0.512 bits per heavy atom. The minimum absolute atomic E-state index is 0.536. The second kappa shape index (κ2) is 15.6. The van der Waals surface area contributed by atoms with E-state index in [-0.39, 0.29) is 0 Å². The molecular formula is C36H31Cl2N3O2. The molecule has 5 rings (SSSR count). The summed E-state index contributed by atoms with van der Waals surface area (Å²) in [6.07, 6.45) is 3.65. The lowest BCUT2D eigenvalue weighted by Gasteiger charge is -2.25. The third kappa shape index (κ3) is 9.74. The molecule has 0 unspecified atom stereocenters. The average molecular weight is 609 g/mol. The summed E-state index contributed by atoms with van der Waals surface area (Å²) in [6.45, 7) is 2.50. The third-order valence-electron chi connectivity index (χ3n) is 6.52. The zero-order valence-corrected chi connectivity index (χ0v) is 25.0. The van der Waals surface area contributed by atoms with Gasteiger partial charge in [0.05, 0.1) is 24.5 Å². The first-order valence-electron chi connectivity index (χ1n) is 14.0. The summed E-state index contributed by atoms with van der Waals surface area (Å²) in [5.41, 5.74) is 4.81. The molecule has 0 aromatic heterocycles. The molecule has 5 aromatic rings. The summed E-state index contributed by atoms with van der Waals surface area (Å²) in [4.78, 5) is 11.2. The van der Waals surface area contributed by atoms with Gasteiger partial charge < -0.3 is 14.4 Å². The Morgan fingerprint density at radius 2 is 0.930 bits per heavy atom. The van der Waals surface area contributed by atoms with Gasteiger partial charge in [0.1, 0.15) is 24.7 Å². The number of benzene rings is 5. The van der Waals surface area contributed by atoms with Crippen molar-refractivity contribution in [1.82, 2.24) is 0 Å². The molecule has 5 aromatic carbocycles. The van der Waals surface area contributed by atoms with Gasteiger partial charge in [0.15, 0.2) is 0 Å². The Morgan fingerprint density at radius 3 is 1.35 bits per heavy atom. The van der Waals surface area contributed by atoms with E-state index in [0.717, 1.165) is 39.7 Å². The number of aliphatic imine (C=N–C) groups is 2. The van der Waals surface area contributed by atoms with E-state index in [1.165, 1.54) is 0 Å². The molecule has 0 aliphatic heterocycles. The van der Waals surface area contributed by atoms with Crippen LogP contribution in [-0.2, 0) is 0 Å². The first-order valence-corrected chi connectivity index (χ1v) is 14.7. The molecule has 0 radical (unpaired) electrons. The number of hydrogen-bond acceptors (Lipinski definition) is 5. The molecule has 0 aliphatic carbocycles. The smallest absolute Gasteiger partial charge is 0.119 e. The monoisotopic (exact) mass is 607 g/mol. The molecule has 0 saturated heterocycles. The zero-order chi connectivity index (χ0) is 29.7. The van der Waals surface area contributed by atoms with E-state index in [4.69, 9.17) is 32.7 Å². The van der Waals surface area contributed by atoms with Crippen molar-refractivity contribution in [2.45, 2.75) is 0 Å². The molecule has 0 heterocycles. The van der Waals surface area contributed by atoms with E-state index >= 15 is 0 Å². The van der Waals surface area contributed by atoms with E-state index in [9.17, 15) is 0 Å². The van der Waals surface area contributed by atoms with Gasteiger partial charge in [0.25, 0.3) is 0 Å². The Balaban J connectivity index is 1.10. The van der Waals surface area contributed by atoms with Crippen LogP contribution in [0.3, 0.4) is 0 Å². The van der Waals surface area contributed by atoms with Crippen molar-refractivity contribution >= 4 is 52.7 Å². The van der Waals surface area contributed by atoms with E-state index in [0.29, 0.717) is 36.3 Å². The average Bonchev–Trinajstić information content (AvgIpc) is 3.05. The lowest BCUT2D eigenvalue weighted by atomic mass is 10.2. The minimum atomic E-state index is 0.536. The number of ether oxygens (including phenoxy) is 2. The molecule has 0 fully saturated rings. The van der Waals surface area contributed by atoms with Gasteiger partial charge in [-0.25, -0.2) is 0 Å². The second-order valence-corrected chi connectivity index (χ2v) is 10.5. The molecule has 0 atom stereocenters. The molecule has 216 valence electrons. The van der Waals surface area contributed by atoms with Crippen molar-refractivity contribution in [1.29, 1.82) is 0 Å². The van der Waals surface area contributed by atoms with Gasteiger partial charge in [-0.15, -0.1) is 0 Å². The van der Waals surface area contributed by atoms with E-state index in [2.05, 4.69) is 27.0 Å². The number of hydrogen-bond donors (Lipinski definition) is 0. The van der Waals surface area contributed by atoms with Crippen LogP contribution < -0.4 is 14.4 Å². The minimum Gasteiger partial charge on any atom is -0.492 e. The normalized spacial score (nSPS) is 11.2. The molecule has 0 amide bonds. The number of halogens is 2. The maximum absolute atomic E-state index is 6.07. The van der Waals surface area contributed by atoms with E-state index < -0.39 is 0 Å². The lowest BCUT2D eigenvalue weighted by molar-refractivity contribution is 0.303. The summed E-state index contributed by atoms with van der Waals surface area (Å²) in [6, 6.07) is 41.0. The number of rotatable bonds is 13. The van der Waals surface area contributed by atoms with Crippen LogP contribution >= 0.6 is 23.2 Å². The van der Waals surface area contributed by atoms with Crippen molar-refractivity contribution in [3.63, 3.8) is 0 Å². The fraction of sp³-hybridized carbons (Fsp3) is 0.111. The van der Waals surface area contributed by atoms with Gasteiger partial charge in [-0.1, -0.05) is 41.4 Å². The van der Waals surface area contributed by atoms with Gasteiger partial charge in [-0.2, -0.15) is 0 Å². The van der Waals surface area contributed by atoms with Gasteiger partial charge in [-0.3, -0.25) is 9.98 Å². The van der Waals surface area contributed by atoms with Crippen LogP contribution in [0.5, 0.6) is 11.5 Å². The van der Waals surface area contributed by atoms with Crippen molar-refractivity contribution in [2.75, 3.05) is 31.2 Å². The Labute approximate surface area is 262 Å². The number of para-hydroxylation sites is 1.